The highest BCUT2D eigenvalue weighted by Crippen LogP contribution is 2.20. The summed E-state index contributed by atoms with van der Waals surface area (Å²) in [4.78, 5) is 2.82. The first-order valence-corrected chi connectivity index (χ1v) is 7.19. The molecule has 0 radical (unpaired) electrons. The van der Waals surface area contributed by atoms with Gasteiger partial charge in [-0.25, -0.2) is 0 Å². The predicted molar refractivity (Wildman–Crippen MR) is 82.6 cm³/mol. The van der Waals surface area contributed by atoms with Crippen LogP contribution in [0.2, 0.25) is 0 Å². The Balaban J connectivity index is 2.08. The monoisotopic (exact) mass is 281 g/mol. The molecule has 2 rings (SSSR count). The van der Waals surface area contributed by atoms with Crippen LogP contribution in [-0.2, 0) is 7.05 Å². The predicted octanol–water partition coefficient (Wildman–Crippen LogP) is 1.26. The second kappa shape index (κ2) is 5.88. The van der Waals surface area contributed by atoms with Crippen molar-refractivity contribution in [3.8, 4) is 0 Å². The van der Waals surface area contributed by atoms with Crippen LogP contribution in [0.3, 0.4) is 0 Å². The van der Waals surface area contributed by atoms with E-state index in [-0.39, 0.29) is 0 Å². The third-order valence-electron chi connectivity index (χ3n) is 3.90. The van der Waals surface area contributed by atoms with Gasteiger partial charge in [-0.1, -0.05) is 18.6 Å². The fourth-order valence-corrected chi connectivity index (χ4v) is 3.02. The van der Waals surface area contributed by atoms with Gasteiger partial charge in [-0.3, -0.25) is 4.68 Å². The Bertz CT molecular complexity index is 468. The van der Waals surface area contributed by atoms with E-state index in [0.29, 0.717) is 11.0 Å². The van der Waals surface area contributed by atoms with E-state index in [2.05, 4.69) is 22.4 Å². The molecule has 1 aromatic heterocycles. The average molecular weight is 281 g/mol. The number of anilines is 1. The molecule has 1 fully saturated rings. The van der Waals surface area contributed by atoms with Gasteiger partial charge in [0, 0.05) is 19.6 Å². The summed E-state index contributed by atoms with van der Waals surface area (Å²) in [6.07, 6.45) is 3.85. The first kappa shape index (κ1) is 14.3. The maximum absolute atomic E-state index is 5.79. The van der Waals surface area contributed by atoms with Crippen molar-refractivity contribution < 1.29 is 0 Å². The van der Waals surface area contributed by atoms with E-state index in [1.807, 2.05) is 18.7 Å². The number of thiocarbonyl (C=S) groups is 1. The van der Waals surface area contributed by atoms with Crippen LogP contribution in [0.25, 0.3) is 0 Å². The minimum absolute atomic E-state index is 0.407. The van der Waals surface area contributed by atoms with E-state index in [1.54, 1.807) is 0 Å². The van der Waals surface area contributed by atoms with Crippen LogP contribution in [0.4, 0.5) is 5.82 Å². The van der Waals surface area contributed by atoms with Crippen molar-refractivity contribution in [3.63, 3.8) is 0 Å². The Morgan fingerprint density at radius 3 is 2.84 bits per heavy atom. The van der Waals surface area contributed by atoms with Gasteiger partial charge in [0.05, 0.1) is 11.3 Å². The summed E-state index contributed by atoms with van der Waals surface area (Å²) in [5, 5.41) is 7.86. The summed E-state index contributed by atoms with van der Waals surface area (Å²) in [6.45, 7) is 4.02. The Labute approximate surface area is 120 Å². The average Bonchev–Trinajstić information content (AvgIpc) is 2.63. The lowest BCUT2D eigenvalue weighted by atomic mass is 10.0. The zero-order valence-corrected chi connectivity index (χ0v) is 12.8. The highest BCUT2D eigenvalue weighted by molar-refractivity contribution is 7.80. The zero-order valence-electron chi connectivity index (χ0n) is 11.9. The number of rotatable bonds is 4. The maximum Gasteiger partial charge on any atom is 0.134 e. The van der Waals surface area contributed by atoms with Gasteiger partial charge < -0.3 is 16.0 Å². The molecule has 0 bridgehead atoms. The molecule has 0 spiro atoms. The summed E-state index contributed by atoms with van der Waals surface area (Å²) < 4.78 is 1.83. The molecule has 1 aliphatic rings. The summed E-state index contributed by atoms with van der Waals surface area (Å²) in [5.74, 6) is 0.934. The molecule has 2 heterocycles. The highest BCUT2D eigenvalue weighted by Gasteiger charge is 2.21. The molecule has 1 atom stereocenters. The standard InChI is InChI=1S/C13H23N5S/c1-9-11(12(14)19)13(18(3)16-9)15-8-10-6-4-5-7-17(10)2/h10,15H,4-8H2,1-3H3,(H2,14,19). The third kappa shape index (κ3) is 3.06. The molecule has 1 aliphatic heterocycles. The van der Waals surface area contributed by atoms with Gasteiger partial charge in [-0.05, 0) is 33.4 Å². The van der Waals surface area contributed by atoms with E-state index in [0.717, 1.165) is 23.6 Å². The Hall–Kier alpha value is -1.14. The molecular formula is C13H23N5S. The van der Waals surface area contributed by atoms with Gasteiger partial charge in [-0.15, -0.1) is 0 Å². The van der Waals surface area contributed by atoms with Gasteiger partial charge in [0.1, 0.15) is 10.8 Å². The summed E-state index contributed by atoms with van der Waals surface area (Å²) in [5.41, 5.74) is 7.55. The molecule has 0 aliphatic carbocycles. The van der Waals surface area contributed by atoms with Crippen LogP contribution in [0.1, 0.15) is 30.5 Å². The van der Waals surface area contributed by atoms with Crippen molar-refractivity contribution in [2.24, 2.45) is 12.8 Å². The number of nitrogens with zero attached hydrogens (tertiary/aromatic N) is 3. The minimum atomic E-state index is 0.407. The van der Waals surface area contributed by atoms with Crippen LogP contribution in [0.5, 0.6) is 0 Å². The number of nitrogens with two attached hydrogens (primary N) is 1. The number of hydrogen-bond donors (Lipinski definition) is 2. The van der Waals surface area contributed by atoms with Crippen molar-refractivity contribution >= 4 is 23.0 Å². The largest absolute Gasteiger partial charge is 0.389 e. The first-order valence-electron chi connectivity index (χ1n) is 6.78. The molecule has 6 heteroatoms. The van der Waals surface area contributed by atoms with Crippen molar-refractivity contribution in [2.75, 3.05) is 25.5 Å². The molecule has 19 heavy (non-hydrogen) atoms. The fourth-order valence-electron chi connectivity index (χ4n) is 2.77. The number of likely N-dealkylation sites (N-methyl/N-ethyl adjacent to an activating group) is 1. The van der Waals surface area contributed by atoms with Crippen LogP contribution in [0.15, 0.2) is 0 Å². The van der Waals surface area contributed by atoms with Crippen LogP contribution in [0, 0.1) is 6.92 Å². The van der Waals surface area contributed by atoms with Crippen LogP contribution < -0.4 is 11.1 Å². The van der Waals surface area contributed by atoms with E-state index in [9.17, 15) is 0 Å². The van der Waals surface area contributed by atoms with Gasteiger partial charge in [-0.2, -0.15) is 5.10 Å². The lowest BCUT2D eigenvalue weighted by molar-refractivity contribution is 0.194. The van der Waals surface area contributed by atoms with E-state index in [1.165, 1.54) is 25.8 Å². The molecule has 1 saturated heterocycles. The van der Waals surface area contributed by atoms with Gasteiger partial charge in [0.2, 0.25) is 0 Å². The van der Waals surface area contributed by atoms with Crippen LogP contribution in [-0.4, -0.2) is 45.8 Å². The Kier molecular flexibility index (Phi) is 4.42. The van der Waals surface area contributed by atoms with Gasteiger partial charge in [0.15, 0.2) is 0 Å². The molecule has 3 N–H and O–H groups in total. The summed E-state index contributed by atoms with van der Waals surface area (Å²) >= 11 is 5.12. The number of likely N-dealkylation sites (tertiary alicyclic amines) is 1. The number of aryl methyl sites for hydroxylation is 2. The van der Waals surface area contributed by atoms with Crippen LogP contribution >= 0.6 is 12.2 Å². The molecule has 1 unspecified atom stereocenters. The number of hydrogen-bond acceptors (Lipinski definition) is 4. The molecular weight excluding hydrogens is 258 g/mol. The Morgan fingerprint density at radius 1 is 1.47 bits per heavy atom. The minimum Gasteiger partial charge on any atom is -0.389 e. The van der Waals surface area contributed by atoms with Crippen molar-refractivity contribution in [1.82, 2.24) is 14.7 Å². The van der Waals surface area contributed by atoms with Crippen molar-refractivity contribution in [1.29, 1.82) is 0 Å². The van der Waals surface area contributed by atoms with E-state index < -0.39 is 0 Å². The zero-order chi connectivity index (χ0) is 14.0. The van der Waals surface area contributed by atoms with Crippen molar-refractivity contribution in [3.05, 3.63) is 11.3 Å². The fraction of sp³-hybridized carbons (Fsp3) is 0.692. The van der Waals surface area contributed by atoms with Crippen molar-refractivity contribution in [2.45, 2.75) is 32.2 Å². The molecule has 0 amide bonds. The molecule has 1 aromatic rings. The number of piperidine rings is 1. The number of aromatic nitrogens is 2. The highest BCUT2D eigenvalue weighted by atomic mass is 32.1. The second-order valence-corrected chi connectivity index (χ2v) is 5.75. The van der Waals surface area contributed by atoms with E-state index >= 15 is 0 Å². The SMILES string of the molecule is Cc1nn(C)c(NCC2CCCCN2C)c1C(N)=S. The number of nitrogens with one attached hydrogen (secondary N) is 1. The smallest absolute Gasteiger partial charge is 0.134 e. The lowest BCUT2D eigenvalue weighted by Crippen LogP contribution is -2.41. The molecule has 5 nitrogen and oxygen atoms in total. The first-order chi connectivity index (χ1) is 9.00. The molecule has 0 saturated carbocycles. The second-order valence-electron chi connectivity index (χ2n) is 5.31. The topological polar surface area (TPSA) is 59.1 Å². The van der Waals surface area contributed by atoms with E-state index in [4.69, 9.17) is 18.0 Å². The quantitative estimate of drug-likeness (QED) is 0.814. The maximum atomic E-state index is 5.79. The lowest BCUT2D eigenvalue weighted by Gasteiger charge is -2.32. The normalized spacial score (nSPS) is 20.5. The third-order valence-corrected chi connectivity index (χ3v) is 4.10. The van der Waals surface area contributed by atoms with Gasteiger partial charge in [0.25, 0.3) is 0 Å². The Morgan fingerprint density at radius 2 is 2.21 bits per heavy atom. The summed E-state index contributed by atoms with van der Waals surface area (Å²) in [6, 6.07) is 0.572. The van der Waals surface area contributed by atoms with Gasteiger partial charge >= 0.3 is 0 Å². The summed E-state index contributed by atoms with van der Waals surface area (Å²) in [7, 11) is 4.11. The molecule has 0 aromatic carbocycles. The molecule has 106 valence electrons.